The van der Waals surface area contributed by atoms with E-state index in [2.05, 4.69) is 5.32 Å². The molecule has 102 valence electrons. The number of amides is 1. The minimum atomic E-state index is -0.473. The summed E-state index contributed by atoms with van der Waals surface area (Å²) in [4.78, 5) is 11.8. The van der Waals surface area contributed by atoms with E-state index in [4.69, 9.17) is 14.9 Å². The molecule has 18 heavy (non-hydrogen) atoms. The van der Waals surface area contributed by atoms with Gasteiger partial charge in [-0.3, -0.25) is 4.79 Å². The van der Waals surface area contributed by atoms with Crippen molar-refractivity contribution in [1.29, 1.82) is 0 Å². The standard InChI is InChI=1S/C13H22N2O3/c1-10(9-11-5-3-8-18-11)15-13(16)12(14)6-4-7-17-2/h3,5,8,10,12H,4,6-7,9,14H2,1-2H3,(H,15,16). The van der Waals surface area contributed by atoms with E-state index in [-0.39, 0.29) is 11.9 Å². The normalized spacial score (nSPS) is 14.2. The van der Waals surface area contributed by atoms with E-state index in [0.717, 1.165) is 12.2 Å². The molecule has 0 saturated heterocycles. The molecule has 2 unspecified atom stereocenters. The van der Waals surface area contributed by atoms with E-state index in [0.29, 0.717) is 19.4 Å². The number of nitrogens with one attached hydrogen (secondary N) is 1. The largest absolute Gasteiger partial charge is 0.469 e. The summed E-state index contributed by atoms with van der Waals surface area (Å²) in [6, 6.07) is 3.26. The van der Waals surface area contributed by atoms with Crippen molar-refractivity contribution in [1.82, 2.24) is 5.32 Å². The fourth-order valence-electron chi connectivity index (χ4n) is 1.71. The van der Waals surface area contributed by atoms with Gasteiger partial charge in [-0.15, -0.1) is 0 Å². The molecule has 2 atom stereocenters. The molecule has 0 aromatic carbocycles. The Labute approximate surface area is 108 Å². The van der Waals surface area contributed by atoms with Gasteiger partial charge in [0.05, 0.1) is 12.3 Å². The van der Waals surface area contributed by atoms with E-state index in [1.54, 1.807) is 13.4 Å². The van der Waals surface area contributed by atoms with Gasteiger partial charge in [0.1, 0.15) is 5.76 Å². The van der Waals surface area contributed by atoms with E-state index < -0.39 is 6.04 Å². The lowest BCUT2D eigenvalue weighted by Gasteiger charge is -2.16. The van der Waals surface area contributed by atoms with Gasteiger partial charge in [0.2, 0.25) is 5.91 Å². The molecule has 0 aliphatic rings. The first-order valence-electron chi connectivity index (χ1n) is 6.20. The lowest BCUT2D eigenvalue weighted by atomic mass is 10.1. The van der Waals surface area contributed by atoms with Gasteiger partial charge in [-0.1, -0.05) is 0 Å². The van der Waals surface area contributed by atoms with Crippen LogP contribution in [0, 0.1) is 0 Å². The highest BCUT2D eigenvalue weighted by Gasteiger charge is 2.16. The molecule has 1 heterocycles. The number of furan rings is 1. The highest BCUT2D eigenvalue weighted by molar-refractivity contribution is 5.81. The van der Waals surface area contributed by atoms with Gasteiger partial charge in [0.25, 0.3) is 0 Å². The van der Waals surface area contributed by atoms with Crippen LogP contribution in [0.2, 0.25) is 0 Å². The van der Waals surface area contributed by atoms with Gasteiger partial charge in [-0.25, -0.2) is 0 Å². The summed E-state index contributed by atoms with van der Waals surface area (Å²) in [5, 5.41) is 2.88. The van der Waals surface area contributed by atoms with Crippen molar-refractivity contribution in [3.05, 3.63) is 24.2 Å². The molecule has 0 bridgehead atoms. The zero-order valence-electron chi connectivity index (χ0n) is 11.0. The van der Waals surface area contributed by atoms with Crippen LogP contribution in [-0.4, -0.2) is 31.7 Å². The molecule has 1 rings (SSSR count). The number of ether oxygens (including phenoxy) is 1. The van der Waals surface area contributed by atoms with Crippen LogP contribution in [0.25, 0.3) is 0 Å². The highest BCUT2D eigenvalue weighted by atomic mass is 16.5. The van der Waals surface area contributed by atoms with Crippen LogP contribution in [0.15, 0.2) is 22.8 Å². The number of rotatable bonds is 8. The first-order valence-corrected chi connectivity index (χ1v) is 6.20. The Balaban J connectivity index is 2.25. The summed E-state index contributed by atoms with van der Waals surface area (Å²) in [5.74, 6) is 0.737. The summed E-state index contributed by atoms with van der Waals surface area (Å²) >= 11 is 0. The lowest BCUT2D eigenvalue weighted by molar-refractivity contribution is -0.123. The van der Waals surface area contributed by atoms with Crippen molar-refractivity contribution >= 4 is 5.91 Å². The fourth-order valence-corrected chi connectivity index (χ4v) is 1.71. The number of carbonyl (C=O) groups excluding carboxylic acids is 1. The van der Waals surface area contributed by atoms with Crippen molar-refractivity contribution in [3.8, 4) is 0 Å². The van der Waals surface area contributed by atoms with Crippen molar-refractivity contribution in [2.75, 3.05) is 13.7 Å². The second-order valence-electron chi connectivity index (χ2n) is 4.43. The molecule has 0 radical (unpaired) electrons. The topological polar surface area (TPSA) is 77.5 Å². The van der Waals surface area contributed by atoms with E-state index >= 15 is 0 Å². The molecular weight excluding hydrogens is 232 g/mol. The minimum absolute atomic E-state index is 0.0112. The zero-order valence-corrected chi connectivity index (χ0v) is 11.0. The molecule has 1 amide bonds. The molecule has 0 fully saturated rings. The molecule has 3 N–H and O–H groups in total. The summed E-state index contributed by atoms with van der Waals surface area (Å²) in [7, 11) is 1.64. The molecule has 0 spiro atoms. The third-order valence-corrected chi connectivity index (χ3v) is 2.68. The fraction of sp³-hybridized carbons (Fsp3) is 0.615. The molecule has 5 heteroatoms. The summed E-state index contributed by atoms with van der Waals surface area (Å²) in [6.07, 6.45) is 3.72. The van der Waals surface area contributed by atoms with Gasteiger partial charge >= 0.3 is 0 Å². The molecular formula is C13H22N2O3. The van der Waals surface area contributed by atoms with Crippen LogP contribution in [0.5, 0.6) is 0 Å². The van der Waals surface area contributed by atoms with Gasteiger partial charge in [0, 0.05) is 26.2 Å². The number of hydrogen-bond acceptors (Lipinski definition) is 4. The lowest BCUT2D eigenvalue weighted by Crippen LogP contribution is -2.45. The quantitative estimate of drug-likeness (QED) is 0.681. The third-order valence-electron chi connectivity index (χ3n) is 2.68. The van der Waals surface area contributed by atoms with Gasteiger partial charge < -0.3 is 20.2 Å². The van der Waals surface area contributed by atoms with Gasteiger partial charge in [-0.2, -0.15) is 0 Å². The van der Waals surface area contributed by atoms with Crippen LogP contribution < -0.4 is 11.1 Å². The van der Waals surface area contributed by atoms with Crippen LogP contribution >= 0.6 is 0 Å². The smallest absolute Gasteiger partial charge is 0.237 e. The minimum Gasteiger partial charge on any atom is -0.469 e. The highest BCUT2D eigenvalue weighted by Crippen LogP contribution is 2.04. The maximum absolute atomic E-state index is 11.8. The Bertz CT molecular complexity index is 338. The van der Waals surface area contributed by atoms with Crippen LogP contribution in [0.3, 0.4) is 0 Å². The number of nitrogens with two attached hydrogens (primary N) is 1. The summed E-state index contributed by atoms with van der Waals surface area (Å²) in [5.41, 5.74) is 5.79. The SMILES string of the molecule is COCCCC(N)C(=O)NC(C)Cc1ccco1. The predicted molar refractivity (Wildman–Crippen MR) is 69.1 cm³/mol. The Hall–Kier alpha value is -1.33. The zero-order chi connectivity index (χ0) is 13.4. The third kappa shape index (κ3) is 5.33. The Morgan fingerprint density at radius 2 is 2.39 bits per heavy atom. The molecule has 0 aliphatic heterocycles. The second kappa shape index (κ2) is 7.89. The Kier molecular flexibility index (Phi) is 6.46. The van der Waals surface area contributed by atoms with Gasteiger partial charge in [-0.05, 0) is 31.9 Å². The Morgan fingerprint density at radius 1 is 1.61 bits per heavy atom. The number of hydrogen-bond donors (Lipinski definition) is 2. The van der Waals surface area contributed by atoms with Gasteiger partial charge in [0.15, 0.2) is 0 Å². The van der Waals surface area contributed by atoms with Crippen molar-refractivity contribution in [3.63, 3.8) is 0 Å². The summed E-state index contributed by atoms with van der Waals surface area (Å²) < 4.78 is 10.2. The number of carbonyl (C=O) groups is 1. The van der Waals surface area contributed by atoms with Crippen LogP contribution in [0.4, 0.5) is 0 Å². The monoisotopic (exact) mass is 254 g/mol. The maximum Gasteiger partial charge on any atom is 0.237 e. The Morgan fingerprint density at radius 3 is 3.00 bits per heavy atom. The molecule has 0 saturated carbocycles. The van der Waals surface area contributed by atoms with Crippen LogP contribution in [0.1, 0.15) is 25.5 Å². The van der Waals surface area contributed by atoms with E-state index in [9.17, 15) is 4.79 Å². The van der Waals surface area contributed by atoms with Crippen molar-refractivity contribution < 1.29 is 13.9 Å². The average molecular weight is 254 g/mol. The van der Waals surface area contributed by atoms with E-state index in [1.165, 1.54) is 0 Å². The molecule has 1 aromatic heterocycles. The van der Waals surface area contributed by atoms with Crippen molar-refractivity contribution in [2.24, 2.45) is 5.73 Å². The van der Waals surface area contributed by atoms with E-state index in [1.807, 2.05) is 19.1 Å². The number of methoxy groups -OCH3 is 1. The molecule has 0 aliphatic carbocycles. The van der Waals surface area contributed by atoms with Crippen LogP contribution in [-0.2, 0) is 16.0 Å². The average Bonchev–Trinajstić information content (AvgIpc) is 2.81. The summed E-state index contributed by atoms with van der Waals surface area (Å²) in [6.45, 7) is 2.56. The molecule has 5 nitrogen and oxygen atoms in total. The predicted octanol–water partition coefficient (Wildman–Crippen LogP) is 1.08. The van der Waals surface area contributed by atoms with Crippen molar-refractivity contribution in [2.45, 2.75) is 38.3 Å². The first-order chi connectivity index (χ1) is 8.63. The first kappa shape index (κ1) is 14.7. The molecule has 1 aromatic rings. The second-order valence-corrected chi connectivity index (χ2v) is 4.43. The maximum atomic E-state index is 11.8.